The molecule has 1 N–H and O–H groups in total. The van der Waals surface area contributed by atoms with E-state index in [4.69, 9.17) is 9.47 Å². The minimum Gasteiger partial charge on any atom is -0.508 e. The van der Waals surface area contributed by atoms with Crippen molar-refractivity contribution in [2.75, 3.05) is 19.7 Å². The van der Waals surface area contributed by atoms with Crippen LogP contribution < -0.4 is 9.47 Å². The Balaban J connectivity index is 1.31. The highest BCUT2D eigenvalue weighted by Crippen LogP contribution is 2.47. The Labute approximate surface area is 236 Å². The van der Waals surface area contributed by atoms with Gasteiger partial charge in [0, 0.05) is 41.8 Å². The molecule has 0 radical (unpaired) electrons. The second kappa shape index (κ2) is 10.9. The molecule has 1 saturated heterocycles. The first-order valence-electron chi connectivity index (χ1n) is 14.2. The lowest BCUT2D eigenvalue weighted by atomic mass is 9.86. The molecular formula is C34H37N3O3. The summed E-state index contributed by atoms with van der Waals surface area (Å²) < 4.78 is 14.9. The van der Waals surface area contributed by atoms with Crippen molar-refractivity contribution in [2.45, 2.75) is 46.3 Å². The summed E-state index contributed by atoms with van der Waals surface area (Å²) in [4.78, 5) is 6.91. The molecule has 40 heavy (non-hydrogen) atoms. The van der Waals surface area contributed by atoms with Crippen LogP contribution in [0.4, 0.5) is 0 Å². The van der Waals surface area contributed by atoms with Crippen molar-refractivity contribution < 1.29 is 14.6 Å². The molecule has 3 atom stereocenters. The van der Waals surface area contributed by atoms with Crippen molar-refractivity contribution >= 4 is 11.1 Å². The number of aromatic nitrogens is 2. The fourth-order valence-corrected chi connectivity index (χ4v) is 5.95. The van der Waals surface area contributed by atoms with Gasteiger partial charge in [-0.05, 0) is 98.8 Å². The Bertz CT molecular complexity index is 1540. The number of aromatic hydroxyl groups is 1. The number of likely N-dealkylation sites (tertiary alicyclic amines) is 1. The zero-order valence-electron chi connectivity index (χ0n) is 23.7. The van der Waals surface area contributed by atoms with Crippen LogP contribution in [0.15, 0.2) is 79.1 Å². The van der Waals surface area contributed by atoms with Crippen molar-refractivity contribution in [3.8, 4) is 22.9 Å². The predicted molar refractivity (Wildman–Crippen MR) is 159 cm³/mol. The molecular weight excluding hydrogens is 498 g/mol. The van der Waals surface area contributed by atoms with Crippen LogP contribution >= 0.6 is 0 Å². The molecule has 1 fully saturated rings. The van der Waals surface area contributed by atoms with Gasteiger partial charge in [-0.3, -0.25) is 4.90 Å². The number of fused-ring (bicyclic) bond motifs is 1. The Kier molecular flexibility index (Phi) is 7.11. The van der Waals surface area contributed by atoms with Gasteiger partial charge in [0.1, 0.15) is 35.8 Å². The van der Waals surface area contributed by atoms with Crippen molar-refractivity contribution in [1.82, 2.24) is 14.5 Å². The first-order valence-corrected chi connectivity index (χ1v) is 14.2. The van der Waals surface area contributed by atoms with Gasteiger partial charge in [-0.1, -0.05) is 31.2 Å². The van der Waals surface area contributed by atoms with Gasteiger partial charge in [0.25, 0.3) is 0 Å². The van der Waals surface area contributed by atoms with Gasteiger partial charge in [-0.2, -0.15) is 0 Å². The number of hydrogen-bond acceptors (Lipinski definition) is 5. The molecule has 0 bridgehead atoms. The van der Waals surface area contributed by atoms with Crippen LogP contribution in [0.5, 0.6) is 17.2 Å². The minimum atomic E-state index is -0.310. The lowest BCUT2D eigenvalue weighted by Gasteiger charge is -2.31. The zero-order chi connectivity index (χ0) is 27.8. The standard InChI is InChI=1S/C34H37N3O3/c1-22-14-16-36(20-22)23(2)21-39-30-11-8-26(9-12-30)34-33(24(3)31-19-29(38)10-13-32(31)40-34)27-6-5-7-28(18-27)37-17-15-35-25(37)4/h5-13,15,17-19,22-23,34,38H,14,16,20-21H2,1-4H3. The number of phenolic OH excluding ortho intramolecular Hbond substituents is 1. The molecule has 3 aromatic carbocycles. The number of aryl methyl sites for hydroxylation is 1. The van der Waals surface area contributed by atoms with E-state index in [-0.39, 0.29) is 11.9 Å². The van der Waals surface area contributed by atoms with Crippen LogP contribution in [-0.4, -0.2) is 45.3 Å². The molecule has 0 aliphatic carbocycles. The number of allylic oxidation sites excluding steroid dienone is 1. The van der Waals surface area contributed by atoms with Gasteiger partial charge in [-0.25, -0.2) is 4.98 Å². The minimum absolute atomic E-state index is 0.224. The summed E-state index contributed by atoms with van der Waals surface area (Å²) in [5.74, 6) is 3.55. The Morgan fingerprint density at radius 3 is 2.62 bits per heavy atom. The molecule has 6 heteroatoms. The number of nitrogens with zero attached hydrogens (tertiary/aromatic N) is 3. The van der Waals surface area contributed by atoms with E-state index in [9.17, 15) is 5.11 Å². The van der Waals surface area contributed by atoms with Crippen LogP contribution in [0.25, 0.3) is 16.8 Å². The van der Waals surface area contributed by atoms with Crippen molar-refractivity contribution in [3.63, 3.8) is 0 Å². The van der Waals surface area contributed by atoms with E-state index in [0.29, 0.717) is 12.6 Å². The second-order valence-corrected chi connectivity index (χ2v) is 11.2. The number of benzene rings is 3. The van der Waals surface area contributed by atoms with Crippen LogP contribution in [0, 0.1) is 12.8 Å². The van der Waals surface area contributed by atoms with Gasteiger partial charge in [0.15, 0.2) is 0 Å². The Morgan fingerprint density at radius 1 is 1.07 bits per heavy atom. The fraction of sp³-hybridized carbons (Fsp3) is 0.324. The van der Waals surface area contributed by atoms with Gasteiger partial charge >= 0.3 is 0 Å². The van der Waals surface area contributed by atoms with E-state index >= 15 is 0 Å². The maximum absolute atomic E-state index is 10.2. The lowest BCUT2D eigenvalue weighted by Crippen LogP contribution is -2.35. The molecule has 6 nitrogen and oxygen atoms in total. The summed E-state index contributed by atoms with van der Waals surface area (Å²) >= 11 is 0. The summed E-state index contributed by atoms with van der Waals surface area (Å²) in [6, 6.07) is 22.4. The molecule has 206 valence electrons. The summed E-state index contributed by atoms with van der Waals surface area (Å²) in [6.07, 6.45) is 4.74. The molecule has 0 amide bonds. The fourth-order valence-electron chi connectivity index (χ4n) is 5.95. The highest BCUT2D eigenvalue weighted by molar-refractivity contribution is 5.96. The molecule has 1 aromatic heterocycles. The summed E-state index contributed by atoms with van der Waals surface area (Å²) in [7, 11) is 0. The maximum atomic E-state index is 10.2. The quantitative estimate of drug-likeness (QED) is 0.275. The molecule has 0 saturated carbocycles. The van der Waals surface area contributed by atoms with Gasteiger partial charge in [0.05, 0.1) is 0 Å². The van der Waals surface area contributed by atoms with E-state index in [2.05, 4.69) is 71.6 Å². The first kappa shape index (κ1) is 26.2. The smallest absolute Gasteiger partial charge is 0.150 e. The average molecular weight is 536 g/mol. The molecule has 3 unspecified atom stereocenters. The summed E-state index contributed by atoms with van der Waals surface area (Å²) in [6.45, 7) is 11.6. The number of imidazole rings is 1. The summed E-state index contributed by atoms with van der Waals surface area (Å²) in [5.41, 5.74) is 6.21. The maximum Gasteiger partial charge on any atom is 0.150 e. The summed E-state index contributed by atoms with van der Waals surface area (Å²) in [5, 5.41) is 10.2. The van der Waals surface area contributed by atoms with E-state index in [0.717, 1.165) is 69.9 Å². The van der Waals surface area contributed by atoms with Crippen LogP contribution in [0.3, 0.4) is 0 Å². The number of rotatable bonds is 7. The normalized spacial score (nSPS) is 19.8. The first-order chi connectivity index (χ1) is 19.4. The lowest BCUT2D eigenvalue weighted by molar-refractivity contribution is 0.169. The molecule has 2 aliphatic rings. The van der Waals surface area contributed by atoms with Crippen molar-refractivity contribution in [3.05, 3.63) is 102 Å². The van der Waals surface area contributed by atoms with Gasteiger partial charge < -0.3 is 19.1 Å². The molecule has 6 rings (SSSR count). The molecule has 0 spiro atoms. The van der Waals surface area contributed by atoms with Gasteiger partial charge in [-0.15, -0.1) is 0 Å². The number of phenols is 1. The topological polar surface area (TPSA) is 59.8 Å². The Morgan fingerprint density at radius 2 is 1.90 bits per heavy atom. The molecule has 2 aliphatic heterocycles. The largest absolute Gasteiger partial charge is 0.508 e. The highest BCUT2D eigenvalue weighted by Gasteiger charge is 2.30. The highest BCUT2D eigenvalue weighted by atomic mass is 16.5. The molecule has 3 heterocycles. The zero-order valence-corrected chi connectivity index (χ0v) is 23.7. The monoisotopic (exact) mass is 535 g/mol. The SMILES string of the molecule is CC1=C(c2cccc(-n3ccnc3C)c2)C(c2ccc(OCC(C)N3CCC(C)C3)cc2)Oc2ccc(O)cc21. The number of ether oxygens (including phenoxy) is 2. The van der Waals surface area contributed by atoms with E-state index < -0.39 is 0 Å². The van der Waals surface area contributed by atoms with Crippen LogP contribution in [-0.2, 0) is 0 Å². The van der Waals surface area contributed by atoms with Gasteiger partial charge in [0.2, 0.25) is 0 Å². The Hall–Kier alpha value is -4.03. The van der Waals surface area contributed by atoms with Crippen molar-refractivity contribution in [1.29, 1.82) is 0 Å². The number of hydrogen-bond donors (Lipinski definition) is 1. The average Bonchev–Trinajstić information content (AvgIpc) is 3.60. The predicted octanol–water partition coefficient (Wildman–Crippen LogP) is 7.06. The van der Waals surface area contributed by atoms with Crippen molar-refractivity contribution in [2.24, 2.45) is 5.92 Å². The van der Waals surface area contributed by atoms with E-state index in [1.807, 2.05) is 37.5 Å². The third-order valence-electron chi connectivity index (χ3n) is 8.29. The third kappa shape index (κ3) is 5.11. The third-order valence-corrected chi connectivity index (χ3v) is 8.29. The van der Waals surface area contributed by atoms with Crippen LogP contribution in [0.1, 0.15) is 55.8 Å². The van der Waals surface area contributed by atoms with E-state index in [1.54, 1.807) is 12.1 Å². The van der Waals surface area contributed by atoms with Crippen LogP contribution in [0.2, 0.25) is 0 Å². The molecule has 4 aromatic rings. The van der Waals surface area contributed by atoms with E-state index in [1.165, 1.54) is 6.42 Å². The second-order valence-electron chi connectivity index (χ2n) is 11.2.